The van der Waals surface area contributed by atoms with Crippen molar-refractivity contribution in [3.05, 3.63) is 74.9 Å². The molecule has 122 valence electrons. The lowest BCUT2D eigenvalue weighted by Crippen LogP contribution is -2.51. The summed E-state index contributed by atoms with van der Waals surface area (Å²) in [6.45, 7) is 18.8. The van der Waals surface area contributed by atoms with E-state index in [4.69, 9.17) is 0 Å². The first-order valence-electron chi connectivity index (χ1n) is 7.84. The van der Waals surface area contributed by atoms with Crippen molar-refractivity contribution in [2.45, 2.75) is 32.1 Å². The zero-order valence-corrected chi connectivity index (χ0v) is 13.9. The van der Waals surface area contributed by atoms with E-state index in [-0.39, 0.29) is 11.6 Å². The Kier molecular flexibility index (Phi) is 6.44. The van der Waals surface area contributed by atoms with Crippen LogP contribution in [0, 0.1) is 10.8 Å². The maximum atomic E-state index is 13.4. The summed E-state index contributed by atoms with van der Waals surface area (Å²) in [6, 6.07) is 0. The van der Waals surface area contributed by atoms with Crippen molar-refractivity contribution in [2.24, 2.45) is 10.8 Å². The van der Waals surface area contributed by atoms with E-state index in [2.05, 4.69) is 32.9 Å². The molecule has 0 saturated carbocycles. The number of ketones is 2. The Hall–Kier alpha value is -2.22. The molecule has 0 aliphatic heterocycles. The van der Waals surface area contributed by atoms with E-state index in [9.17, 15) is 9.59 Å². The summed E-state index contributed by atoms with van der Waals surface area (Å²) >= 11 is 0. The van der Waals surface area contributed by atoms with Gasteiger partial charge in [0.25, 0.3) is 0 Å². The van der Waals surface area contributed by atoms with Gasteiger partial charge in [-0.05, 0) is 37.7 Å². The zero-order valence-electron chi connectivity index (χ0n) is 13.9. The lowest BCUT2D eigenvalue weighted by Gasteiger charge is -2.43. The molecular formula is C21H26O2. The van der Waals surface area contributed by atoms with Crippen LogP contribution in [0.2, 0.25) is 0 Å². The number of Topliss-reactive ketones (excluding diaryl/α,β-unsaturated/α-hetero) is 2. The summed E-state index contributed by atoms with van der Waals surface area (Å²) in [4.78, 5) is 26.4. The minimum atomic E-state index is -1.12. The highest BCUT2D eigenvalue weighted by molar-refractivity contribution is 6.19. The first-order chi connectivity index (χ1) is 11.0. The molecule has 0 saturated heterocycles. The molecule has 1 rings (SSSR count). The van der Waals surface area contributed by atoms with Gasteiger partial charge in [-0.1, -0.05) is 36.5 Å². The summed E-state index contributed by atoms with van der Waals surface area (Å²) in [6.07, 6.45) is 12.2. The van der Waals surface area contributed by atoms with Crippen LogP contribution in [0.5, 0.6) is 0 Å². The smallest absolute Gasteiger partial charge is 0.173 e. The number of allylic oxidation sites excluding steroid dienone is 7. The molecule has 0 heterocycles. The summed E-state index contributed by atoms with van der Waals surface area (Å²) in [5, 5.41) is 0. The molecule has 0 radical (unpaired) electrons. The first-order valence-corrected chi connectivity index (χ1v) is 7.84. The van der Waals surface area contributed by atoms with Crippen molar-refractivity contribution in [2.75, 3.05) is 0 Å². The summed E-state index contributed by atoms with van der Waals surface area (Å²) in [7, 11) is 0. The van der Waals surface area contributed by atoms with Gasteiger partial charge in [-0.3, -0.25) is 9.59 Å². The predicted molar refractivity (Wildman–Crippen MR) is 97.0 cm³/mol. The topological polar surface area (TPSA) is 34.1 Å². The van der Waals surface area contributed by atoms with Gasteiger partial charge in [-0.2, -0.15) is 0 Å². The van der Waals surface area contributed by atoms with E-state index < -0.39 is 10.8 Å². The van der Waals surface area contributed by atoms with Crippen LogP contribution in [0.3, 0.4) is 0 Å². The fourth-order valence-electron chi connectivity index (χ4n) is 3.51. The van der Waals surface area contributed by atoms with Crippen LogP contribution in [0.1, 0.15) is 32.1 Å². The average molecular weight is 310 g/mol. The number of carbonyl (C=O) groups is 2. The standard InChI is InChI=1S/C21H26O2/c1-6-11-17-16-20(12-7-2,13-8-3)19(23)21(14-9-4,15-10-5)18(17)22/h6-10,16H,1-5,11-15H2. The lowest BCUT2D eigenvalue weighted by atomic mass is 9.56. The molecule has 0 N–H and O–H groups in total. The highest BCUT2D eigenvalue weighted by Crippen LogP contribution is 2.49. The normalized spacial score (nSPS) is 18.7. The van der Waals surface area contributed by atoms with Gasteiger partial charge >= 0.3 is 0 Å². The molecule has 0 unspecified atom stereocenters. The van der Waals surface area contributed by atoms with Crippen LogP contribution in [0.4, 0.5) is 0 Å². The van der Waals surface area contributed by atoms with Gasteiger partial charge in [-0.15, -0.1) is 32.9 Å². The van der Waals surface area contributed by atoms with Crippen molar-refractivity contribution < 1.29 is 9.59 Å². The Balaban J connectivity index is 3.66. The van der Waals surface area contributed by atoms with Crippen molar-refractivity contribution in [3.63, 3.8) is 0 Å². The van der Waals surface area contributed by atoms with E-state index in [1.165, 1.54) is 0 Å². The van der Waals surface area contributed by atoms with Crippen LogP contribution < -0.4 is 0 Å². The minimum absolute atomic E-state index is 0.0811. The molecule has 0 aromatic rings. The SMILES string of the molecule is C=CCC1=CC(CC=C)(CC=C)C(=O)C(CC=C)(CC=C)C1=O. The second kappa shape index (κ2) is 7.87. The molecule has 1 aliphatic rings. The van der Waals surface area contributed by atoms with E-state index in [1.54, 1.807) is 30.4 Å². The second-order valence-corrected chi connectivity index (χ2v) is 6.03. The lowest BCUT2D eigenvalue weighted by molar-refractivity contribution is -0.145. The van der Waals surface area contributed by atoms with Crippen molar-refractivity contribution >= 4 is 11.6 Å². The van der Waals surface area contributed by atoms with Crippen molar-refractivity contribution in [1.82, 2.24) is 0 Å². The van der Waals surface area contributed by atoms with E-state index >= 15 is 0 Å². The minimum Gasteiger partial charge on any atom is -0.298 e. The van der Waals surface area contributed by atoms with Gasteiger partial charge in [0.2, 0.25) is 0 Å². The summed E-state index contributed by atoms with van der Waals surface area (Å²) < 4.78 is 0. The van der Waals surface area contributed by atoms with Gasteiger partial charge in [0.05, 0.1) is 10.8 Å². The second-order valence-electron chi connectivity index (χ2n) is 6.03. The highest BCUT2D eigenvalue weighted by Gasteiger charge is 2.55. The van der Waals surface area contributed by atoms with Gasteiger partial charge in [0.15, 0.2) is 11.6 Å². The molecular weight excluding hydrogens is 284 g/mol. The Morgan fingerprint density at radius 2 is 1.26 bits per heavy atom. The Morgan fingerprint density at radius 1 is 0.783 bits per heavy atom. The average Bonchev–Trinajstić information content (AvgIpc) is 2.52. The van der Waals surface area contributed by atoms with E-state index in [0.29, 0.717) is 37.7 Å². The van der Waals surface area contributed by atoms with Crippen LogP contribution in [0.25, 0.3) is 0 Å². The van der Waals surface area contributed by atoms with E-state index in [1.807, 2.05) is 6.08 Å². The quantitative estimate of drug-likeness (QED) is 0.424. The van der Waals surface area contributed by atoms with E-state index in [0.717, 1.165) is 0 Å². The molecule has 0 aromatic carbocycles. The number of hydrogen-bond donors (Lipinski definition) is 0. The third kappa shape index (κ3) is 3.26. The highest BCUT2D eigenvalue weighted by atomic mass is 16.2. The molecule has 0 fully saturated rings. The molecule has 0 atom stereocenters. The predicted octanol–water partition coefficient (Wildman–Crippen LogP) is 4.92. The van der Waals surface area contributed by atoms with Crippen molar-refractivity contribution in [3.8, 4) is 0 Å². The third-order valence-electron chi connectivity index (χ3n) is 4.43. The van der Waals surface area contributed by atoms with Crippen LogP contribution >= 0.6 is 0 Å². The fraction of sp³-hybridized carbons (Fsp3) is 0.333. The summed E-state index contributed by atoms with van der Waals surface area (Å²) in [5.41, 5.74) is -1.27. The van der Waals surface area contributed by atoms with Gasteiger partial charge in [-0.25, -0.2) is 0 Å². The van der Waals surface area contributed by atoms with Gasteiger partial charge in [0.1, 0.15) is 0 Å². The maximum absolute atomic E-state index is 13.4. The molecule has 2 heteroatoms. The Labute approximate surface area is 139 Å². The van der Waals surface area contributed by atoms with Crippen LogP contribution in [-0.4, -0.2) is 11.6 Å². The molecule has 2 nitrogen and oxygen atoms in total. The summed E-state index contributed by atoms with van der Waals surface area (Å²) in [5.74, 6) is -0.214. The molecule has 0 bridgehead atoms. The van der Waals surface area contributed by atoms with Gasteiger partial charge in [0, 0.05) is 0 Å². The molecule has 23 heavy (non-hydrogen) atoms. The molecule has 0 spiro atoms. The van der Waals surface area contributed by atoms with Crippen LogP contribution in [0.15, 0.2) is 74.9 Å². The van der Waals surface area contributed by atoms with Gasteiger partial charge < -0.3 is 0 Å². The van der Waals surface area contributed by atoms with Crippen molar-refractivity contribution in [1.29, 1.82) is 0 Å². The number of carbonyl (C=O) groups excluding carboxylic acids is 2. The number of hydrogen-bond acceptors (Lipinski definition) is 2. The molecule has 1 aliphatic carbocycles. The molecule has 0 aromatic heterocycles. The largest absolute Gasteiger partial charge is 0.298 e. The first kappa shape index (κ1) is 18.8. The molecule has 0 amide bonds. The maximum Gasteiger partial charge on any atom is 0.173 e. The third-order valence-corrected chi connectivity index (χ3v) is 4.43. The van der Waals surface area contributed by atoms with Crippen LogP contribution in [-0.2, 0) is 9.59 Å². The number of rotatable bonds is 10. The monoisotopic (exact) mass is 310 g/mol. The zero-order chi connectivity index (χ0) is 17.5. The Morgan fingerprint density at radius 3 is 1.65 bits per heavy atom. The Bertz CT molecular complexity index is 555. The fourth-order valence-corrected chi connectivity index (χ4v) is 3.51.